The Morgan fingerprint density at radius 2 is 1.81 bits per heavy atom. The van der Waals surface area contributed by atoms with Crippen LogP contribution in [-0.4, -0.2) is 25.0 Å². The van der Waals surface area contributed by atoms with E-state index < -0.39 is 0 Å². The van der Waals surface area contributed by atoms with Crippen LogP contribution in [0.2, 0.25) is 10.0 Å². The van der Waals surface area contributed by atoms with Crippen LogP contribution in [-0.2, 0) is 6.42 Å². The molecule has 0 aliphatic heterocycles. The molecule has 1 aliphatic carbocycles. The van der Waals surface area contributed by atoms with Crippen LogP contribution in [0.15, 0.2) is 42.5 Å². The van der Waals surface area contributed by atoms with Crippen LogP contribution in [0.5, 0.6) is 5.75 Å². The summed E-state index contributed by atoms with van der Waals surface area (Å²) in [7, 11) is 4.17. The van der Waals surface area contributed by atoms with Crippen molar-refractivity contribution in [2.24, 2.45) is 0 Å². The highest BCUT2D eigenvalue weighted by atomic mass is 35.5. The molecule has 0 heterocycles. The second-order valence-corrected chi connectivity index (χ2v) is 6.36. The molecule has 1 aliphatic rings. The van der Waals surface area contributed by atoms with Gasteiger partial charge >= 0.3 is 0 Å². The third-order valence-corrected chi connectivity index (χ3v) is 4.70. The lowest BCUT2D eigenvalue weighted by Gasteiger charge is -2.27. The molecule has 0 N–H and O–H groups in total. The van der Waals surface area contributed by atoms with E-state index in [9.17, 15) is 0 Å². The van der Waals surface area contributed by atoms with Gasteiger partial charge in [-0.2, -0.15) is 0 Å². The van der Waals surface area contributed by atoms with Crippen LogP contribution in [0.4, 0.5) is 0 Å². The number of rotatable bonds is 3. The fourth-order valence-corrected chi connectivity index (χ4v) is 3.12. The van der Waals surface area contributed by atoms with E-state index in [1.54, 1.807) is 12.1 Å². The first kappa shape index (κ1) is 14.7. The van der Waals surface area contributed by atoms with Gasteiger partial charge in [-0.05, 0) is 43.8 Å². The summed E-state index contributed by atoms with van der Waals surface area (Å²) in [5.41, 5.74) is 2.60. The molecule has 3 rings (SSSR count). The minimum Gasteiger partial charge on any atom is -0.484 e. The molecule has 2 aromatic rings. The van der Waals surface area contributed by atoms with Gasteiger partial charge in [0.15, 0.2) is 0 Å². The van der Waals surface area contributed by atoms with Crippen LogP contribution in [0.1, 0.15) is 17.2 Å². The topological polar surface area (TPSA) is 12.5 Å². The molecule has 0 fully saturated rings. The van der Waals surface area contributed by atoms with Crippen LogP contribution < -0.4 is 4.74 Å². The maximum atomic E-state index is 6.23. The average Bonchev–Trinajstić information content (AvgIpc) is 2.82. The zero-order chi connectivity index (χ0) is 15.0. The summed E-state index contributed by atoms with van der Waals surface area (Å²) in [6, 6.07) is 14.2. The Hall–Kier alpha value is -1.22. The Balaban J connectivity index is 1.92. The van der Waals surface area contributed by atoms with Crippen molar-refractivity contribution >= 4 is 23.2 Å². The lowest BCUT2D eigenvalue weighted by atomic mass is 10.1. The first-order chi connectivity index (χ1) is 10.1. The molecule has 110 valence electrons. The van der Waals surface area contributed by atoms with E-state index in [2.05, 4.69) is 43.3 Å². The van der Waals surface area contributed by atoms with Crippen molar-refractivity contribution in [1.82, 2.24) is 4.90 Å². The molecular weight excluding hydrogens is 305 g/mol. The van der Waals surface area contributed by atoms with Gasteiger partial charge in [0.05, 0.1) is 16.1 Å². The summed E-state index contributed by atoms with van der Waals surface area (Å²) in [5, 5.41) is 1.06. The Morgan fingerprint density at radius 1 is 1.05 bits per heavy atom. The minimum absolute atomic E-state index is 0.00782. The predicted octanol–water partition coefficient (Wildman–Crippen LogP) is 4.60. The van der Waals surface area contributed by atoms with Gasteiger partial charge < -0.3 is 9.64 Å². The van der Waals surface area contributed by atoms with Crippen molar-refractivity contribution in [3.8, 4) is 5.75 Å². The first-order valence-corrected chi connectivity index (χ1v) is 7.68. The van der Waals surface area contributed by atoms with Crippen LogP contribution in [0.3, 0.4) is 0 Å². The van der Waals surface area contributed by atoms with E-state index >= 15 is 0 Å². The van der Waals surface area contributed by atoms with Gasteiger partial charge in [0.25, 0.3) is 0 Å². The molecule has 21 heavy (non-hydrogen) atoms. The fraction of sp³-hybridized carbons (Fsp3) is 0.294. The number of ether oxygens (including phenoxy) is 1. The molecule has 0 unspecified atom stereocenters. The summed E-state index contributed by atoms with van der Waals surface area (Å²) in [4.78, 5) is 2.21. The van der Waals surface area contributed by atoms with Crippen molar-refractivity contribution < 1.29 is 4.74 Å². The molecule has 0 bridgehead atoms. The lowest BCUT2D eigenvalue weighted by Crippen LogP contribution is -2.34. The van der Waals surface area contributed by atoms with Crippen molar-refractivity contribution in [3.05, 3.63) is 63.6 Å². The van der Waals surface area contributed by atoms with Crippen LogP contribution in [0, 0.1) is 0 Å². The Kier molecular flexibility index (Phi) is 4.12. The summed E-state index contributed by atoms with van der Waals surface area (Å²) < 4.78 is 6.23. The van der Waals surface area contributed by atoms with Crippen LogP contribution >= 0.6 is 23.2 Å². The van der Waals surface area contributed by atoms with E-state index in [1.165, 1.54) is 11.1 Å². The van der Waals surface area contributed by atoms with Gasteiger partial charge in [-0.3, -0.25) is 0 Å². The number of benzene rings is 2. The van der Waals surface area contributed by atoms with E-state index in [-0.39, 0.29) is 6.10 Å². The van der Waals surface area contributed by atoms with E-state index in [0.717, 1.165) is 12.2 Å². The van der Waals surface area contributed by atoms with Gasteiger partial charge in [-0.1, -0.05) is 47.5 Å². The molecule has 0 aromatic heterocycles. The Morgan fingerprint density at radius 3 is 2.52 bits per heavy atom. The number of likely N-dealkylation sites (N-methyl/N-ethyl adjacent to an activating group) is 1. The molecule has 2 atom stereocenters. The summed E-state index contributed by atoms with van der Waals surface area (Å²) in [6.07, 6.45) is 1.00. The van der Waals surface area contributed by atoms with Crippen LogP contribution in [0.25, 0.3) is 0 Å². The number of hydrogen-bond donors (Lipinski definition) is 0. The van der Waals surface area contributed by atoms with Crippen molar-refractivity contribution in [3.63, 3.8) is 0 Å². The highest BCUT2D eigenvalue weighted by molar-refractivity contribution is 6.42. The Bertz CT molecular complexity index is 657. The predicted molar refractivity (Wildman–Crippen MR) is 87.5 cm³/mol. The highest BCUT2D eigenvalue weighted by Crippen LogP contribution is 2.38. The maximum Gasteiger partial charge on any atom is 0.140 e. The smallest absolute Gasteiger partial charge is 0.140 e. The SMILES string of the molecule is CN(C)[C@H]1Cc2ccccc2[C@H]1Oc1ccc(Cl)c(Cl)c1. The number of halogens is 2. The van der Waals surface area contributed by atoms with Crippen molar-refractivity contribution in [1.29, 1.82) is 0 Å². The Labute approximate surface area is 135 Å². The zero-order valence-corrected chi connectivity index (χ0v) is 13.5. The standard InChI is InChI=1S/C17H17Cl2NO/c1-20(2)16-9-11-5-3-4-6-13(11)17(16)21-12-7-8-14(18)15(19)10-12/h3-8,10,16-17H,9H2,1-2H3/t16-,17+/m0/s1. The summed E-state index contributed by atoms with van der Waals surface area (Å²) in [6.45, 7) is 0. The molecule has 0 saturated carbocycles. The normalized spacial score (nSPS) is 20.6. The molecule has 0 saturated heterocycles. The highest BCUT2D eigenvalue weighted by Gasteiger charge is 2.35. The molecule has 0 amide bonds. The number of nitrogens with zero attached hydrogens (tertiary/aromatic N) is 1. The zero-order valence-electron chi connectivity index (χ0n) is 12.0. The second-order valence-electron chi connectivity index (χ2n) is 5.55. The third-order valence-electron chi connectivity index (χ3n) is 3.96. The molecule has 0 radical (unpaired) electrons. The van der Waals surface area contributed by atoms with Gasteiger partial charge in [0.2, 0.25) is 0 Å². The van der Waals surface area contributed by atoms with Gasteiger partial charge in [-0.25, -0.2) is 0 Å². The molecule has 2 nitrogen and oxygen atoms in total. The molecule has 2 aromatic carbocycles. The lowest BCUT2D eigenvalue weighted by molar-refractivity contribution is 0.111. The average molecular weight is 322 g/mol. The van der Waals surface area contributed by atoms with E-state index in [0.29, 0.717) is 16.1 Å². The number of fused-ring (bicyclic) bond motifs is 1. The van der Waals surface area contributed by atoms with Gasteiger partial charge in [0.1, 0.15) is 11.9 Å². The fourth-order valence-electron chi connectivity index (χ4n) is 2.83. The summed E-state index contributed by atoms with van der Waals surface area (Å²) in [5.74, 6) is 0.748. The third kappa shape index (κ3) is 2.89. The first-order valence-electron chi connectivity index (χ1n) is 6.92. The maximum absolute atomic E-state index is 6.23. The van der Waals surface area contributed by atoms with Crippen molar-refractivity contribution in [2.45, 2.75) is 18.6 Å². The van der Waals surface area contributed by atoms with Gasteiger partial charge in [0, 0.05) is 6.07 Å². The summed E-state index contributed by atoms with van der Waals surface area (Å²) >= 11 is 12.0. The quantitative estimate of drug-likeness (QED) is 0.819. The van der Waals surface area contributed by atoms with Crippen molar-refractivity contribution in [2.75, 3.05) is 14.1 Å². The van der Waals surface area contributed by atoms with E-state index in [1.807, 2.05) is 6.07 Å². The number of hydrogen-bond acceptors (Lipinski definition) is 2. The monoisotopic (exact) mass is 321 g/mol. The largest absolute Gasteiger partial charge is 0.484 e. The molecule has 0 spiro atoms. The minimum atomic E-state index is 0.00782. The van der Waals surface area contributed by atoms with Gasteiger partial charge in [-0.15, -0.1) is 0 Å². The molecular formula is C17H17Cl2NO. The molecule has 4 heteroatoms. The second kappa shape index (κ2) is 5.88. The van der Waals surface area contributed by atoms with E-state index in [4.69, 9.17) is 27.9 Å².